The van der Waals surface area contributed by atoms with Gasteiger partial charge in [0.15, 0.2) is 0 Å². The van der Waals surface area contributed by atoms with Crippen molar-refractivity contribution in [2.45, 2.75) is 6.42 Å². The van der Waals surface area contributed by atoms with Gasteiger partial charge >= 0.3 is 9.93 Å². The summed E-state index contributed by atoms with van der Waals surface area (Å²) in [7, 11) is 9.53. The van der Waals surface area contributed by atoms with Crippen LogP contribution in [0.5, 0.6) is 0 Å². The minimum absolute atomic E-state index is 0. The SMILES string of the molecule is CN(CCc1ccccn1)c1nc(=[N+](C)C)ss1.I.[I-]. The normalized spacial score (nSPS) is 9.35. The fourth-order valence-corrected chi connectivity index (χ4v) is 3.76. The predicted molar refractivity (Wildman–Crippen MR) is 93.7 cm³/mol. The second-order valence-electron chi connectivity index (χ2n) is 4.23. The first-order valence-corrected chi connectivity index (χ1v) is 7.90. The molecule has 0 radical (unpaired) electrons. The average Bonchev–Trinajstić information content (AvgIpc) is 2.87. The Morgan fingerprint density at radius 3 is 2.55 bits per heavy atom. The van der Waals surface area contributed by atoms with E-state index in [0.29, 0.717) is 0 Å². The Morgan fingerprint density at radius 2 is 2.00 bits per heavy atom. The van der Waals surface area contributed by atoms with Crippen LogP contribution in [0.3, 0.4) is 0 Å². The Hall–Kier alpha value is 0.190. The molecule has 0 saturated carbocycles. The van der Waals surface area contributed by atoms with Gasteiger partial charge in [-0.2, -0.15) is 0 Å². The Balaban J connectivity index is 0.00000180. The summed E-state index contributed by atoms with van der Waals surface area (Å²) >= 11 is 0. The van der Waals surface area contributed by atoms with Crippen LogP contribution in [-0.2, 0) is 6.42 Å². The van der Waals surface area contributed by atoms with Gasteiger partial charge in [0.2, 0.25) is 0 Å². The number of hydrogen-bond acceptors (Lipinski definition) is 5. The number of anilines is 1. The van der Waals surface area contributed by atoms with E-state index in [2.05, 4.69) is 28.0 Å². The van der Waals surface area contributed by atoms with Gasteiger partial charge in [-0.1, -0.05) is 6.07 Å². The molecule has 0 spiro atoms. The highest BCUT2D eigenvalue weighted by atomic mass is 127. The third kappa shape index (κ3) is 5.90. The first-order chi connectivity index (χ1) is 8.66. The minimum atomic E-state index is 0. The molecule has 2 aromatic rings. The van der Waals surface area contributed by atoms with Gasteiger partial charge in [-0.25, -0.2) is 0 Å². The highest BCUT2D eigenvalue weighted by molar-refractivity contribution is 14.0. The van der Waals surface area contributed by atoms with E-state index in [-0.39, 0.29) is 48.0 Å². The van der Waals surface area contributed by atoms with Crippen molar-refractivity contribution in [1.29, 1.82) is 0 Å². The molecule has 0 fully saturated rings. The van der Waals surface area contributed by atoms with Crippen molar-refractivity contribution in [1.82, 2.24) is 14.5 Å². The van der Waals surface area contributed by atoms with E-state index in [1.54, 1.807) is 20.7 Å². The summed E-state index contributed by atoms with van der Waals surface area (Å²) in [5, 5.41) is 1.07. The molecule has 0 unspecified atom stereocenters. The average molecular weight is 536 g/mol. The number of halogens is 2. The monoisotopic (exact) mass is 536 g/mol. The van der Waals surface area contributed by atoms with Gasteiger partial charge in [0.25, 0.3) is 0 Å². The number of pyridine rings is 1. The molecule has 0 saturated heterocycles. The maximum Gasteiger partial charge on any atom is 0.390 e. The van der Waals surface area contributed by atoms with Crippen molar-refractivity contribution in [3.8, 4) is 0 Å². The highest BCUT2D eigenvalue weighted by Gasteiger charge is 2.13. The molecular weight excluding hydrogens is 518 g/mol. The number of rotatable bonds is 4. The molecule has 0 bridgehead atoms. The van der Waals surface area contributed by atoms with Crippen LogP contribution in [0.1, 0.15) is 5.69 Å². The van der Waals surface area contributed by atoms with Crippen LogP contribution in [0, 0.1) is 0 Å². The summed E-state index contributed by atoms with van der Waals surface area (Å²) in [6.45, 7) is 0.935. The van der Waals surface area contributed by atoms with E-state index >= 15 is 0 Å². The summed E-state index contributed by atoms with van der Waals surface area (Å²) < 4.78 is 2.04. The molecule has 0 atom stereocenters. The van der Waals surface area contributed by atoms with Crippen molar-refractivity contribution >= 4 is 49.8 Å². The summed E-state index contributed by atoms with van der Waals surface area (Å²) in [6, 6.07) is 6.03. The van der Waals surface area contributed by atoms with Crippen molar-refractivity contribution < 1.29 is 24.0 Å². The fourth-order valence-electron chi connectivity index (χ4n) is 1.44. The van der Waals surface area contributed by atoms with Gasteiger partial charge in [0.05, 0.1) is 14.1 Å². The lowest BCUT2D eigenvalue weighted by Gasteiger charge is -2.11. The van der Waals surface area contributed by atoms with Crippen molar-refractivity contribution in [2.75, 3.05) is 32.6 Å². The standard InChI is InChI=1S/C12H17N4S2.2HI/c1-15(2)11-14-12(18-17-11)16(3)9-7-10-6-4-5-8-13-10;;/h4-6,8H,7,9H2,1-3H3;2*1H/q+1;;/p-1. The molecule has 0 amide bonds. The Morgan fingerprint density at radius 1 is 1.25 bits per heavy atom. The first-order valence-electron chi connectivity index (χ1n) is 5.75. The van der Waals surface area contributed by atoms with Gasteiger partial charge in [-0.3, -0.25) is 9.56 Å². The zero-order valence-electron chi connectivity index (χ0n) is 11.6. The number of nitrogens with zero attached hydrogens (tertiary/aromatic N) is 4. The van der Waals surface area contributed by atoms with Gasteiger partial charge in [-0.05, 0) is 22.5 Å². The molecule has 0 aromatic carbocycles. The van der Waals surface area contributed by atoms with Crippen molar-refractivity contribution in [2.24, 2.45) is 0 Å². The fraction of sp³-hybridized carbons (Fsp3) is 0.417. The van der Waals surface area contributed by atoms with Crippen LogP contribution >= 0.6 is 44.7 Å². The quantitative estimate of drug-likeness (QED) is 0.284. The van der Waals surface area contributed by atoms with Crippen LogP contribution in [0.2, 0.25) is 0 Å². The van der Waals surface area contributed by atoms with Crippen LogP contribution < -0.4 is 38.3 Å². The summed E-state index contributed by atoms with van der Waals surface area (Å²) in [5.41, 5.74) is 1.12. The Kier molecular flexibility index (Phi) is 10.1. The molecule has 112 valence electrons. The predicted octanol–water partition coefficient (Wildman–Crippen LogP) is -1.07. The second-order valence-corrected chi connectivity index (χ2v) is 6.29. The maximum atomic E-state index is 4.59. The molecule has 2 heterocycles. The molecule has 0 aliphatic heterocycles. The molecule has 0 N–H and O–H groups in total. The number of aromatic nitrogens is 2. The Labute approximate surface area is 161 Å². The largest absolute Gasteiger partial charge is 1.00 e. The highest BCUT2D eigenvalue weighted by Crippen LogP contribution is 2.17. The van der Waals surface area contributed by atoms with Gasteiger partial charge in [0, 0.05) is 47.2 Å². The topological polar surface area (TPSA) is 32.0 Å². The van der Waals surface area contributed by atoms with Crippen LogP contribution in [0.15, 0.2) is 24.4 Å². The summed E-state index contributed by atoms with van der Waals surface area (Å²) in [4.78, 5) is 12.2. The molecule has 2 aromatic heterocycles. The van der Waals surface area contributed by atoms with Crippen molar-refractivity contribution in [3.05, 3.63) is 34.9 Å². The smallest absolute Gasteiger partial charge is 0.390 e. The van der Waals surface area contributed by atoms with Crippen molar-refractivity contribution in [3.63, 3.8) is 0 Å². The first kappa shape index (κ1) is 20.2. The lowest BCUT2D eigenvalue weighted by atomic mass is 10.2. The third-order valence-corrected chi connectivity index (χ3v) is 4.91. The van der Waals surface area contributed by atoms with Crippen LogP contribution in [0.25, 0.3) is 0 Å². The third-order valence-electron chi connectivity index (χ3n) is 2.52. The van der Waals surface area contributed by atoms with Gasteiger partial charge < -0.3 is 28.9 Å². The van der Waals surface area contributed by atoms with E-state index in [1.807, 2.05) is 37.0 Å². The lowest BCUT2D eigenvalue weighted by Crippen LogP contribution is -3.00. The van der Waals surface area contributed by atoms with Gasteiger partial charge in [-0.15, -0.1) is 24.0 Å². The molecule has 20 heavy (non-hydrogen) atoms. The summed E-state index contributed by atoms with van der Waals surface area (Å²) in [6.07, 6.45) is 2.78. The second kappa shape index (κ2) is 10.0. The number of likely N-dealkylation sites (N-methyl/N-ethyl adjacent to an activating group) is 1. The maximum absolute atomic E-state index is 4.59. The van der Waals surface area contributed by atoms with E-state index in [0.717, 1.165) is 28.6 Å². The molecule has 4 nitrogen and oxygen atoms in total. The zero-order chi connectivity index (χ0) is 13.0. The Bertz CT molecular complexity index is 564. The minimum Gasteiger partial charge on any atom is -1.00 e. The molecule has 8 heteroatoms. The van der Waals surface area contributed by atoms with E-state index in [1.165, 1.54) is 0 Å². The van der Waals surface area contributed by atoms with Crippen LogP contribution in [0.4, 0.5) is 5.13 Å². The lowest BCUT2D eigenvalue weighted by molar-refractivity contribution is -0.00000387. The molecular formula is C12H18I2N4S2. The number of hydrogen-bond donors (Lipinski definition) is 0. The molecule has 0 aliphatic rings. The van der Waals surface area contributed by atoms with E-state index < -0.39 is 0 Å². The zero-order valence-corrected chi connectivity index (χ0v) is 17.7. The van der Waals surface area contributed by atoms with E-state index in [9.17, 15) is 0 Å². The van der Waals surface area contributed by atoms with E-state index in [4.69, 9.17) is 0 Å². The van der Waals surface area contributed by atoms with Gasteiger partial charge in [0.1, 0.15) is 0 Å². The molecule has 0 aliphatic carbocycles. The van der Waals surface area contributed by atoms with Crippen LogP contribution in [-0.4, -0.2) is 37.7 Å². The summed E-state index contributed by atoms with van der Waals surface area (Å²) in [5.74, 6) is 0. The molecule has 2 rings (SSSR count).